The van der Waals surface area contributed by atoms with Crippen LogP contribution in [0.4, 0.5) is 5.82 Å². The van der Waals surface area contributed by atoms with Crippen LogP contribution in [0, 0.1) is 12.3 Å². The van der Waals surface area contributed by atoms with Gasteiger partial charge >= 0.3 is 0 Å². The highest BCUT2D eigenvalue weighted by Gasteiger charge is 2.31. The number of aromatic nitrogens is 1. The molecule has 0 aliphatic carbocycles. The highest BCUT2D eigenvalue weighted by atomic mass is 32.1. The van der Waals surface area contributed by atoms with Gasteiger partial charge in [-0.2, -0.15) is 0 Å². The zero-order valence-corrected chi connectivity index (χ0v) is 10.4. The number of anilines is 1. The fourth-order valence-corrected chi connectivity index (χ4v) is 1.08. The summed E-state index contributed by atoms with van der Waals surface area (Å²) in [6, 6.07) is 3.68. The van der Waals surface area contributed by atoms with Crippen LogP contribution in [-0.2, 0) is 4.79 Å². The van der Waals surface area contributed by atoms with Crippen LogP contribution in [0.1, 0.15) is 19.4 Å². The number of thiocarbonyl (C=S) groups is 1. The highest BCUT2D eigenvalue weighted by molar-refractivity contribution is 7.80. The molecular weight excluding hydrogens is 222 g/mol. The van der Waals surface area contributed by atoms with Crippen molar-refractivity contribution in [1.29, 1.82) is 0 Å². The van der Waals surface area contributed by atoms with E-state index in [1.165, 1.54) is 0 Å². The Labute approximate surface area is 100 Å². The van der Waals surface area contributed by atoms with Gasteiger partial charge in [-0.05, 0) is 32.4 Å². The monoisotopic (exact) mass is 237 g/mol. The summed E-state index contributed by atoms with van der Waals surface area (Å²) in [5.74, 6) is 0.290. The van der Waals surface area contributed by atoms with Gasteiger partial charge in [0.1, 0.15) is 5.82 Å². The highest BCUT2D eigenvalue weighted by Crippen LogP contribution is 2.19. The van der Waals surface area contributed by atoms with Crippen molar-refractivity contribution in [2.45, 2.75) is 20.8 Å². The normalized spacial score (nSPS) is 10.9. The van der Waals surface area contributed by atoms with Crippen LogP contribution in [0.25, 0.3) is 0 Å². The van der Waals surface area contributed by atoms with Crippen LogP contribution in [0.5, 0.6) is 0 Å². The maximum absolute atomic E-state index is 11.9. The second-order valence-electron chi connectivity index (χ2n) is 4.11. The molecule has 16 heavy (non-hydrogen) atoms. The quantitative estimate of drug-likeness (QED) is 0.784. The maximum atomic E-state index is 11.9. The van der Waals surface area contributed by atoms with E-state index in [9.17, 15) is 4.79 Å². The number of nitrogens with two attached hydrogens (primary N) is 1. The largest absolute Gasteiger partial charge is 0.392 e. The fourth-order valence-electron chi connectivity index (χ4n) is 0.992. The molecule has 0 saturated carbocycles. The third-order valence-corrected chi connectivity index (χ3v) is 2.94. The van der Waals surface area contributed by atoms with Gasteiger partial charge in [0.15, 0.2) is 0 Å². The summed E-state index contributed by atoms with van der Waals surface area (Å²) in [4.78, 5) is 16.1. The molecule has 0 aromatic carbocycles. The average Bonchev–Trinajstić information content (AvgIpc) is 2.21. The summed E-state index contributed by atoms with van der Waals surface area (Å²) in [6.45, 7) is 5.24. The molecular formula is C11H15N3OS. The van der Waals surface area contributed by atoms with Gasteiger partial charge in [-0.15, -0.1) is 0 Å². The SMILES string of the molecule is Cc1cccnc1NC(=O)C(C)(C)C(N)=S. The molecule has 4 nitrogen and oxygen atoms in total. The van der Waals surface area contributed by atoms with E-state index in [0.29, 0.717) is 5.82 Å². The molecule has 0 radical (unpaired) electrons. The number of carbonyl (C=O) groups is 1. The zero-order chi connectivity index (χ0) is 12.3. The number of rotatable bonds is 3. The van der Waals surface area contributed by atoms with E-state index in [1.807, 2.05) is 19.1 Å². The molecule has 3 N–H and O–H groups in total. The topological polar surface area (TPSA) is 68.0 Å². The Morgan fingerprint density at radius 2 is 2.19 bits per heavy atom. The standard InChI is InChI=1S/C11H15N3OS/c1-7-5-4-6-13-8(7)14-10(15)11(2,3)9(12)16/h4-6H,1-3H3,(H2,12,16)(H,13,14,15). The second-order valence-corrected chi connectivity index (χ2v) is 4.55. The van der Waals surface area contributed by atoms with Gasteiger partial charge in [-0.3, -0.25) is 4.79 Å². The van der Waals surface area contributed by atoms with Crippen LogP contribution in [-0.4, -0.2) is 15.9 Å². The van der Waals surface area contributed by atoms with Crippen molar-refractivity contribution in [2.75, 3.05) is 5.32 Å². The van der Waals surface area contributed by atoms with Crippen molar-refractivity contribution in [1.82, 2.24) is 4.98 Å². The number of aryl methyl sites for hydroxylation is 1. The van der Waals surface area contributed by atoms with Crippen LogP contribution in [0.3, 0.4) is 0 Å². The number of amides is 1. The minimum absolute atomic E-state index is 0.165. The first-order valence-electron chi connectivity index (χ1n) is 4.88. The summed E-state index contributed by atoms with van der Waals surface area (Å²) < 4.78 is 0. The molecule has 0 unspecified atom stereocenters. The lowest BCUT2D eigenvalue weighted by molar-refractivity contribution is -0.121. The number of hydrogen-bond donors (Lipinski definition) is 2. The molecule has 0 saturated heterocycles. The van der Waals surface area contributed by atoms with E-state index in [0.717, 1.165) is 5.56 Å². The number of pyridine rings is 1. The van der Waals surface area contributed by atoms with Crippen LogP contribution in [0.2, 0.25) is 0 Å². The third kappa shape index (κ3) is 2.55. The van der Waals surface area contributed by atoms with Crippen molar-refractivity contribution in [3.63, 3.8) is 0 Å². The molecule has 1 rings (SSSR count). The van der Waals surface area contributed by atoms with Gasteiger partial charge in [0.25, 0.3) is 0 Å². The molecule has 0 bridgehead atoms. The first kappa shape index (κ1) is 12.6. The molecule has 0 aliphatic rings. The van der Waals surface area contributed by atoms with Gasteiger partial charge in [0.05, 0.1) is 10.4 Å². The molecule has 0 fully saturated rings. The lowest BCUT2D eigenvalue weighted by Crippen LogP contribution is -2.41. The Morgan fingerprint density at radius 1 is 1.56 bits per heavy atom. The lowest BCUT2D eigenvalue weighted by Gasteiger charge is -2.21. The van der Waals surface area contributed by atoms with E-state index < -0.39 is 5.41 Å². The Kier molecular flexibility index (Phi) is 3.59. The van der Waals surface area contributed by atoms with Crippen LogP contribution >= 0.6 is 12.2 Å². The Morgan fingerprint density at radius 3 is 2.69 bits per heavy atom. The first-order chi connectivity index (χ1) is 7.35. The Bertz CT molecular complexity index is 429. The molecule has 5 heteroatoms. The van der Waals surface area contributed by atoms with Crippen molar-refractivity contribution in [3.05, 3.63) is 23.9 Å². The maximum Gasteiger partial charge on any atom is 0.238 e. The van der Waals surface area contributed by atoms with Crippen molar-refractivity contribution in [2.24, 2.45) is 11.1 Å². The molecule has 0 spiro atoms. The van der Waals surface area contributed by atoms with Gasteiger partial charge in [0, 0.05) is 6.20 Å². The predicted octanol–water partition coefficient (Wildman–Crippen LogP) is 1.64. The summed E-state index contributed by atoms with van der Waals surface area (Å²) in [7, 11) is 0. The first-order valence-corrected chi connectivity index (χ1v) is 5.29. The summed E-state index contributed by atoms with van der Waals surface area (Å²) in [5, 5.41) is 2.71. The Hall–Kier alpha value is -1.49. The minimum Gasteiger partial charge on any atom is -0.392 e. The number of carbonyl (C=O) groups excluding carboxylic acids is 1. The molecule has 1 heterocycles. The van der Waals surface area contributed by atoms with Crippen molar-refractivity contribution < 1.29 is 4.79 Å². The van der Waals surface area contributed by atoms with Gasteiger partial charge in [-0.1, -0.05) is 18.3 Å². The summed E-state index contributed by atoms with van der Waals surface area (Å²) in [6.07, 6.45) is 1.62. The van der Waals surface area contributed by atoms with E-state index in [-0.39, 0.29) is 10.9 Å². The second kappa shape index (κ2) is 4.57. The van der Waals surface area contributed by atoms with Gasteiger partial charge in [-0.25, -0.2) is 4.98 Å². The number of hydrogen-bond acceptors (Lipinski definition) is 3. The molecule has 1 aromatic rings. The van der Waals surface area contributed by atoms with Gasteiger partial charge in [0.2, 0.25) is 5.91 Å². The van der Waals surface area contributed by atoms with Crippen LogP contribution in [0.15, 0.2) is 18.3 Å². The smallest absolute Gasteiger partial charge is 0.238 e. The number of nitrogens with zero attached hydrogens (tertiary/aromatic N) is 1. The van der Waals surface area contributed by atoms with E-state index in [4.69, 9.17) is 18.0 Å². The molecule has 0 aliphatic heterocycles. The summed E-state index contributed by atoms with van der Waals surface area (Å²) >= 11 is 4.85. The van der Waals surface area contributed by atoms with Crippen molar-refractivity contribution >= 4 is 28.9 Å². The Balaban J connectivity index is 2.88. The fraction of sp³-hybridized carbons (Fsp3) is 0.364. The van der Waals surface area contributed by atoms with E-state index >= 15 is 0 Å². The molecule has 1 amide bonds. The average molecular weight is 237 g/mol. The van der Waals surface area contributed by atoms with Gasteiger partial charge < -0.3 is 11.1 Å². The van der Waals surface area contributed by atoms with E-state index in [2.05, 4.69) is 10.3 Å². The molecule has 1 aromatic heterocycles. The molecule has 0 atom stereocenters. The summed E-state index contributed by atoms with van der Waals surface area (Å²) in [5.41, 5.74) is 5.54. The minimum atomic E-state index is -0.876. The lowest BCUT2D eigenvalue weighted by atomic mass is 9.92. The third-order valence-electron chi connectivity index (χ3n) is 2.43. The zero-order valence-electron chi connectivity index (χ0n) is 9.57. The predicted molar refractivity (Wildman–Crippen MR) is 68.2 cm³/mol. The van der Waals surface area contributed by atoms with E-state index in [1.54, 1.807) is 20.0 Å². The number of nitrogens with one attached hydrogen (secondary N) is 1. The van der Waals surface area contributed by atoms with Crippen molar-refractivity contribution in [3.8, 4) is 0 Å². The van der Waals surface area contributed by atoms with Crippen LogP contribution < -0.4 is 11.1 Å². The molecule has 86 valence electrons.